The van der Waals surface area contributed by atoms with Crippen LogP contribution in [0.15, 0.2) is 36.4 Å². The van der Waals surface area contributed by atoms with E-state index in [0.29, 0.717) is 17.0 Å². The van der Waals surface area contributed by atoms with Gasteiger partial charge in [0.05, 0.1) is 5.69 Å². The number of hydrogen-bond acceptors (Lipinski definition) is 3. The van der Waals surface area contributed by atoms with Crippen LogP contribution in [-0.2, 0) is 4.79 Å². The smallest absolute Gasteiger partial charge is 0.262 e. The van der Waals surface area contributed by atoms with E-state index in [4.69, 9.17) is 4.74 Å². The Kier molecular flexibility index (Phi) is 3.55. The van der Waals surface area contributed by atoms with Crippen molar-refractivity contribution in [2.45, 2.75) is 13.8 Å². The third-order valence-electron chi connectivity index (χ3n) is 3.51. The van der Waals surface area contributed by atoms with E-state index < -0.39 is 0 Å². The van der Waals surface area contributed by atoms with Gasteiger partial charge in [0, 0.05) is 11.3 Å². The first-order chi connectivity index (χ1) is 10.5. The molecule has 1 heterocycles. The summed E-state index contributed by atoms with van der Waals surface area (Å²) in [5.74, 6) is 0.100. The van der Waals surface area contributed by atoms with Crippen LogP contribution in [-0.4, -0.2) is 18.4 Å². The van der Waals surface area contributed by atoms with Gasteiger partial charge in [0.15, 0.2) is 6.61 Å². The van der Waals surface area contributed by atoms with Crippen LogP contribution >= 0.6 is 0 Å². The number of rotatable bonds is 2. The Balaban J connectivity index is 1.82. The predicted molar refractivity (Wildman–Crippen MR) is 84.4 cm³/mol. The molecule has 0 spiro atoms. The van der Waals surface area contributed by atoms with Gasteiger partial charge in [-0.3, -0.25) is 9.59 Å². The third kappa shape index (κ3) is 2.79. The average molecular weight is 296 g/mol. The number of benzene rings is 2. The van der Waals surface area contributed by atoms with E-state index in [0.717, 1.165) is 16.8 Å². The molecule has 0 fully saturated rings. The van der Waals surface area contributed by atoms with Crippen LogP contribution in [0.3, 0.4) is 0 Å². The molecule has 2 amide bonds. The summed E-state index contributed by atoms with van der Waals surface area (Å²) >= 11 is 0. The third-order valence-corrected chi connectivity index (χ3v) is 3.51. The van der Waals surface area contributed by atoms with Gasteiger partial charge in [-0.2, -0.15) is 0 Å². The molecule has 0 bridgehead atoms. The van der Waals surface area contributed by atoms with Crippen molar-refractivity contribution < 1.29 is 14.3 Å². The fourth-order valence-corrected chi connectivity index (χ4v) is 2.36. The van der Waals surface area contributed by atoms with Crippen LogP contribution in [0.1, 0.15) is 21.5 Å². The summed E-state index contributed by atoms with van der Waals surface area (Å²) in [6.45, 7) is 3.93. The number of aryl methyl sites for hydroxylation is 2. The molecule has 0 radical (unpaired) electrons. The monoisotopic (exact) mass is 296 g/mol. The SMILES string of the molecule is Cc1ccc(NC(=O)c2ccc3c(c2)OCC(=O)N3)c(C)c1. The Morgan fingerprint density at radius 3 is 2.77 bits per heavy atom. The molecule has 2 aromatic carbocycles. The van der Waals surface area contributed by atoms with Crippen LogP contribution in [0.2, 0.25) is 0 Å². The van der Waals surface area contributed by atoms with Crippen molar-refractivity contribution in [1.82, 2.24) is 0 Å². The molecule has 0 saturated carbocycles. The zero-order valence-electron chi connectivity index (χ0n) is 12.4. The van der Waals surface area contributed by atoms with Gasteiger partial charge in [0.25, 0.3) is 11.8 Å². The fraction of sp³-hybridized carbons (Fsp3) is 0.176. The van der Waals surface area contributed by atoms with Gasteiger partial charge in [-0.1, -0.05) is 17.7 Å². The van der Waals surface area contributed by atoms with Crippen molar-refractivity contribution in [2.75, 3.05) is 17.2 Å². The second-order valence-electron chi connectivity index (χ2n) is 5.32. The van der Waals surface area contributed by atoms with Crippen molar-refractivity contribution in [3.05, 3.63) is 53.1 Å². The number of nitrogens with one attached hydrogen (secondary N) is 2. The first kappa shape index (κ1) is 14.1. The molecule has 5 nitrogen and oxygen atoms in total. The van der Waals surface area contributed by atoms with Gasteiger partial charge < -0.3 is 15.4 Å². The van der Waals surface area contributed by atoms with Gasteiger partial charge in [-0.25, -0.2) is 0 Å². The summed E-state index contributed by atoms with van der Waals surface area (Å²) in [6, 6.07) is 10.8. The molecule has 2 N–H and O–H groups in total. The highest BCUT2D eigenvalue weighted by Gasteiger charge is 2.18. The number of ether oxygens (including phenoxy) is 1. The normalized spacial score (nSPS) is 12.9. The van der Waals surface area contributed by atoms with E-state index in [2.05, 4.69) is 10.6 Å². The average Bonchev–Trinajstić information content (AvgIpc) is 2.49. The number of carbonyl (C=O) groups excluding carboxylic acids is 2. The zero-order valence-corrected chi connectivity index (χ0v) is 12.4. The highest BCUT2D eigenvalue weighted by molar-refractivity contribution is 6.06. The number of fused-ring (bicyclic) bond motifs is 1. The van der Waals surface area contributed by atoms with E-state index in [9.17, 15) is 9.59 Å². The topological polar surface area (TPSA) is 67.4 Å². The molecule has 1 aliphatic rings. The molecular formula is C17H16N2O3. The molecule has 112 valence electrons. The van der Waals surface area contributed by atoms with E-state index in [1.807, 2.05) is 32.0 Å². The Bertz CT molecular complexity index is 768. The van der Waals surface area contributed by atoms with Crippen molar-refractivity contribution >= 4 is 23.2 Å². The van der Waals surface area contributed by atoms with E-state index in [-0.39, 0.29) is 18.4 Å². The molecular weight excluding hydrogens is 280 g/mol. The number of amides is 2. The molecule has 0 saturated heterocycles. The summed E-state index contributed by atoms with van der Waals surface area (Å²) in [4.78, 5) is 23.6. The Labute approximate surface area is 128 Å². The molecule has 22 heavy (non-hydrogen) atoms. The van der Waals surface area contributed by atoms with Gasteiger partial charge in [-0.05, 0) is 43.7 Å². The molecule has 0 aromatic heterocycles. The van der Waals surface area contributed by atoms with Crippen molar-refractivity contribution in [3.8, 4) is 5.75 Å². The molecule has 3 rings (SSSR count). The standard InChI is InChI=1S/C17H16N2O3/c1-10-3-5-13(11(2)7-10)19-17(21)12-4-6-14-15(8-12)22-9-16(20)18-14/h3-8H,9H2,1-2H3,(H,18,20)(H,19,21). The van der Waals surface area contributed by atoms with Crippen molar-refractivity contribution in [3.63, 3.8) is 0 Å². The minimum atomic E-state index is -0.213. The maximum Gasteiger partial charge on any atom is 0.262 e. The molecule has 0 aliphatic carbocycles. The van der Waals surface area contributed by atoms with Crippen LogP contribution in [0.25, 0.3) is 0 Å². The summed E-state index contributed by atoms with van der Waals surface area (Å²) in [6.07, 6.45) is 0. The largest absolute Gasteiger partial charge is 0.482 e. The minimum Gasteiger partial charge on any atom is -0.482 e. The highest BCUT2D eigenvalue weighted by Crippen LogP contribution is 2.29. The Morgan fingerprint density at radius 1 is 1.18 bits per heavy atom. The van der Waals surface area contributed by atoms with Crippen LogP contribution in [0.5, 0.6) is 5.75 Å². The lowest BCUT2D eigenvalue weighted by Crippen LogP contribution is -2.25. The van der Waals surface area contributed by atoms with Crippen molar-refractivity contribution in [1.29, 1.82) is 0 Å². The van der Waals surface area contributed by atoms with Gasteiger partial charge in [-0.15, -0.1) is 0 Å². The molecule has 5 heteroatoms. The maximum atomic E-state index is 12.3. The maximum absolute atomic E-state index is 12.3. The fourth-order valence-electron chi connectivity index (χ4n) is 2.36. The summed E-state index contributed by atoms with van der Waals surface area (Å²) in [7, 11) is 0. The van der Waals surface area contributed by atoms with E-state index in [1.165, 1.54) is 0 Å². The Morgan fingerprint density at radius 2 is 2.00 bits per heavy atom. The quantitative estimate of drug-likeness (QED) is 0.895. The molecule has 0 atom stereocenters. The second kappa shape index (κ2) is 5.52. The van der Waals surface area contributed by atoms with Gasteiger partial charge in [0.2, 0.25) is 0 Å². The van der Waals surface area contributed by atoms with Gasteiger partial charge in [0.1, 0.15) is 5.75 Å². The molecule has 2 aromatic rings. The van der Waals surface area contributed by atoms with Crippen LogP contribution in [0.4, 0.5) is 11.4 Å². The summed E-state index contributed by atoms with van der Waals surface area (Å²) in [5.41, 5.74) is 4.00. The number of carbonyl (C=O) groups is 2. The Hall–Kier alpha value is -2.82. The summed E-state index contributed by atoms with van der Waals surface area (Å²) < 4.78 is 5.32. The lowest BCUT2D eigenvalue weighted by molar-refractivity contribution is -0.118. The lowest BCUT2D eigenvalue weighted by Gasteiger charge is -2.18. The first-order valence-electron chi connectivity index (χ1n) is 6.98. The highest BCUT2D eigenvalue weighted by atomic mass is 16.5. The second-order valence-corrected chi connectivity index (χ2v) is 5.32. The lowest BCUT2D eigenvalue weighted by atomic mass is 10.1. The van der Waals surface area contributed by atoms with Crippen LogP contribution < -0.4 is 15.4 Å². The van der Waals surface area contributed by atoms with Gasteiger partial charge >= 0.3 is 0 Å². The predicted octanol–water partition coefficient (Wildman–Crippen LogP) is 2.89. The van der Waals surface area contributed by atoms with Crippen molar-refractivity contribution in [2.24, 2.45) is 0 Å². The van der Waals surface area contributed by atoms with E-state index in [1.54, 1.807) is 18.2 Å². The van der Waals surface area contributed by atoms with Crippen LogP contribution in [0, 0.1) is 13.8 Å². The molecule has 0 unspecified atom stereocenters. The minimum absolute atomic E-state index is 0.0326. The number of anilines is 2. The summed E-state index contributed by atoms with van der Waals surface area (Å²) in [5, 5.41) is 5.58. The zero-order chi connectivity index (χ0) is 15.7. The molecule has 1 aliphatic heterocycles. The van der Waals surface area contributed by atoms with E-state index >= 15 is 0 Å². The first-order valence-corrected chi connectivity index (χ1v) is 6.98. The number of hydrogen-bond donors (Lipinski definition) is 2.